The van der Waals surface area contributed by atoms with Crippen molar-refractivity contribution in [3.8, 4) is 5.75 Å². The molecule has 90 valence electrons. The van der Waals surface area contributed by atoms with E-state index in [0.717, 1.165) is 0 Å². The summed E-state index contributed by atoms with van der Waals surface area (Å²) in [5.74, 6) is -0.775. The fourth-order valence-corrected chi connectivity index (χ4v) is 2.42. The van der Waals surface area contributed by atoms with Gasteiger partial charge in [-0.05, 0) is 12.3 Å². The van der Waals surface area contributed by atoms with Crippen molar-refractivity contribution in [2.75, 3.05) is 0 Å². The second kappa shape index (κ2) is 3.57. The summed E-state index contributed by atoms with van der Waals surface area (Å²) in [6.07, 6.45) is 3.48. The molecule has 1 aliphatic carbocycles. The molecule has 1 aromatic carbocycles. The topological polar surface area (TPSA) is 66.4 Å². The smallest absolute Gasteiger partial charge is 0.214 e. The molecule has 0 fully saturated rings. The number of nitrogens with one attached hydrogen (secondary N) is 1. The number of aromatic hydroxyl groups is 1. The zero-order valence-electron chi connectivity index (χ0n) is 9.73. The summed E-state index contributed by atoms with van der Waals surface area (Å²) in [6, 6.07) is 4.56. The third kappa shape index (κ3) is 1.26. The molecule has 4 nitrogen and oxygen atoms in total. The molecular formula is C14H11NO3. The summed E-state index contributed by atoms with van der Waals surface area (Å²) in [4.78, 5) is 24.7. The highest BCUT2D eigenvalue weighted by Crippen LogP contribution is 2.35. The highest BCUT2D eigenvalue weighted by atomic mass is 16.3. The molecule has 0 spiro atoms. The molecule has 4 heteroatoms. The standard InChI is InChI=1S/C14H11NO3/c1-7-5-6-15-12-10(7)13(17)8-3-2-4-9(16)11(8)14(12)18/h2-7,15-16H,1H3. The molecule has 1 unspecified atom stereocenters. The lowest BCUT2D eigenvalue weighted by atomic mass is 9.80. The van der Waals surface area contributed by atoms with Crippen molar-refractivity contribution in [1.82, 2.24) is 5.32 Å². The van der Waals surface area contributed by atoms with Crippen LogP contribution in [0.2, 0.25) is 0 Å². The van der Waals surface area contributed by atoms with Gasteiger partial charge in [0.15, 0.2) is 5.78 Å². The van der Waals surface area contributed by atoms with Crippen molar-refractivity contribution >= 4 is 11.6 Å². The Balaban J connectivity index is 2.27. The van der Waals surface area contributed by atoms with E-state index in [-0.39, 0.29) is 40.1 Å². The average molecular weight is 241 g/mol. The van der Waals surface area contributed by atoms with Crippen LogP contribution in [0.3, 0.4) is 0 Å². The van der Waals surface area contributed by atoms with E-state index in [1.165, 1.54) is 6.07 Å². The van der Waals surface area contributed by atoms with Gasteiger partial charge in [-0.2, -0.15) is 0 Å². The van der Waals surface area contributed by atoms with Gasteiger partial charge in [0.1, 0.15) is 5.75 Å². The molecule has 0 aromatic heterocycles. The maximum absolute atomic E-state index is 12.4. The quantitative estimate of drug-likeness (QED) is 0.726. The number of benzene rings is 1. The van der Waals surface area contributed by atoms with Crippen LogP contribution in [-0.4, -0.2) is 16.7 Å². The lowest BCUT2D eigenvalue weighted by Gasteiger charge is -2.26. The predicted molar refractivity (Wildman–Crippen MR) is 65.2 cm³/mol. The minimum atomic E-state index is -0.325. The Morgan fingerprint density at radius 2 is 2.00 bits per heavy atom. The largest absolute Gasteiger partial charge is 0.507 e. The third-order valence-corrected chi connectivity index (χ3v) is 3.32. The minimum absolute atomic E-state index is 0.0938. The number of rotatable bonds is 0. The Labute approximate surface area is 104 Å². The van der Waals surface area contributed by atoms with Gasteiger partial charge in [-0.1, -0.05) is 25.1 Å². The molecule has 2 N–H and O–H groups in total. The van der Waals surface area contributed by atoms with Crippen LogP contribution < -0.4 is 5.32 Å². The molecule has 0 amide bonds. The molecular weight excluding hydrogens is 230 g/mol. The number of hydrogen-bond acceptors (Lipinski definition) is 4. The van der Waals surface area contributed by atoms with Gasteiger partial charge in [0.2, 0.25) is 5.78 Å². The van der Waals surface area contributed by atoms with E-state index in [2.05, 4.69) is 5.32 Å². The highest BCUT2D eigenvalue weighted by Gasteiger charge is 2.36. The number of phenolic OH excluding ortho intramolecular Hbond substituents is 1. The molecule has 1 aliphatic heterocycles. The van der Waals surface area contributed by atoms with E-state index in [1.54, 1.807) is 18.3 Å². The van der Waals surface area contributed by atoms with Crippen molar-refractivity contribution in [2.45, 2.75) is 6.92 Å². The first kappa shape index (κ1) is 10.8. The molecule has 0 radical (unpaired) electrons. The first-order valence-electron chi connectivity index (χ1n) is 5.70. The van der Waals surface area contributed by atoms with Crippen LogP contribution in [0.15, 0.2) is 41.7 Å². The summed E-state index contributed by atoms with van der Waals surface area (Å²) in [5.41, 5.74) is 1.13. The number of hydrogen-bond donors (Lipinski definition) is 2. The third-order valence-electron chi connectivity index (χ3n) is 3.32. The normalized spacial score (nSPS) is 21.5. The van der Waals surface area contributed by atoms with Gasteiger partial charge >= 0.3 is 0 Å². The number of ketones is 2. The lowest BCUT2D eigenvalue weighted by Crippen LogP contribution is -2.32. The van der Waals surface area contributed by atoms with Crippen LogP contribution in [0.25, 0.3) is 0 Å². The average Bonchev–Trinajstić information content (AvgIpc) is 2.35. The summed E-state index contributed by atoms with van der Waals surface area (Å²) in [5, 5.41) is 12.6. The molecule has 1 heterocycles. The Bertz CT molecular complexity index is 640. The zero-order chi connectivity index (χ0) is 12.9. The highest BCUT2D eigenvalue weighted by molar-refractivity contribution is 6.28. The van der Waals surface area contributed by atoms with Crippen molar-refractivity contribution in [2.24, 2.45) is 5.92 Å². The van der Waals surface area contributed by atoms with Crippen LogP contribution in [0, 0.1) is 5.92 Å². The predicted octanol–water partition coefficient (Wildman–Crippen LogP) is 1.78. The van der Waals surface area contributed by atoms with Crippen molar-refractivity contribution in [1.29, 1.82) is 0 Å². The summed E-state index contributed by atoms with van der Waals surface area (Å²) < 4.78 is 0. The van der Waals surface area contributed by atoms with Gasteiger partial charge in [0.25, 0.3) is 0 Å². The van der Waals surface area contributed by atoms with E-state index in [4.69, 9.17) is 0 Å². The Hall–Kier alpha value is -2.36. The summed E-state index contributed by atoms with van der Waals surface area (Å²) in [6.45, 7) is 1.87. The number of phenols is 1. The van der Waals surface area contributed by atoms with Crippen molar-refractivity contribution in [3.05, 3.63) is 52.9 Å². The Morgan fingerprint density at radius 1 is 1.22 bits per heavy atom. The van der Waals surface area contributed by atoms with Crippen LogP contribution in [-0.2, 0) is 0 Å². The number of carbonyl (C=O) groups excluding carboxylic acids is 2. The Kier molecular flexibility index (Phi) is 2.13. The number of Topliss-reactive ketones (excluding diaryl/α,β-unsaturated/α-hetero) is 2. The van der Waals surface area contributed by atoms with Crippen LogP contribution in [0.4, 0.5) is 0 Å². The molecule has 0 bridgehead atoms. The SMILES string of the molecule is CC1C=CNC2=C1C(=O)c1cccc(O)c1C2=O. The summed E-state index contributed by atoms with van der Waals surface area (Å²) >= 11 is 0. The van der Waals surface area contributed by atoms with Gasteiger partial charge in [0.05, 0.1) is 11.3 Å². The lowest BCUT2D eigenvalue weighted by molar-refractivity contribution is 0.0960. The first-order valence-corrected chi connectivity index (χ1v) is 5.70. The van der Waals surface area contributed by atoms with E-state index in [0.29, 0.717) is 5.57 Å². The maximum Gasteiger partial charge on any atom is 0.214 e. The number of dihydropyridines is 1. The van der Waals surface area contributed by atoms with Gasteiger partial charge < -0.3 is 10.4 Å². The molecule has 0 saturated heterocycles. The Morgan fingerprint density at radius 3 is 2.78 bits per heavy atom. The fourth-order valence-electron chi connectivity index (χ4n) is 2.42. The monoisotopic (exact) mass is 241 g/mol. The van der Waals surface area contributed by atoms with E-state index < -0.39 is 0 Å². The van der Waals surface area contributed by atoms with E-state index in [1.807, 2.05) is 13.0 Å². The molecule has 0 saturated carbocycles. The number of fused-ring (bicyclic) bond motifs is 1. The number of allylic oxidation sites excluding steroid dienone is 3. The fraction of sp³-hybridized carbons (Fsp3) is 0.143. The van der Waals surface area contributed by atoms with Crippen LogP contribution >= 0.6 is 0 Å². The molecule has 3 rings (SSSR count). The van der Waals surface area contributed by atoms with Crippen molar-refractivity contribution < 1.29 is 14.7 Å². The first-order chi connectivity index (χ1) is 8.61. The van der Waals surface area contributed by atoms with Gasteiger partial charge in [-0.15, -0.1) is 0 Å². The van der Waals surface area contributed by atoms with Gasteiger partial charge in [0, 0.05) is 17.1 Å². The summed E-state index contributed by atoms with van der Waals surface area (Å²) in [7, 11) is 0. The number of carbonyl (C=O) groups is 2. The zero-order valence-corrected chi connectivity index (χ0v) is 9.73. The van der Waals surface area contributed by atoms with Gasteiger partial charge in [-0.25, -0.2) is 0 Å². The second-order valence-electron chi connectivity index (χ2n) is 4.44. The van der Waals surface area contributed by atoms with E-state index >= 15 is 0 Å². The van der Waals surface area contributed by atoms with Gasteiger partial charge in [-0.3, -0.25) is 9.59 Å². The van der Waals surface area contributed by atoms with Crippen LogP contribution in [0.5, 0.6) is 5.75 Å². The van der Waals surface area contributed by atoms with Crippen LogP contribution in [0.1, 0.15) is 27.6 Å². The molecule has 1 atom stereocenters. The second-order valence-corrected chi connectivity index (χ2v) is 4.44. The molecule has 18 heavy (non-hydrogen) atoms. The minimum Gasteiger partial charge on any atom is -0.507 e. The van der Waals surface area contributed by atoms with E-state index in [9.17, 15) is 14.7 Å². The molecule has 2 aliphatic rings. The maximum atomic E-state index is 12.4. The molecule has 1 aromatic rings. The van der Waals surface area contributed by atoms with Crippen molar-refractivity contribution in [3.63, 3.8) is 0 Å².